The van der Waals surface area contributed by atoms with Crippen LogP contribution < -0.4 is 25.6 Å². The van der Waals surface area contributed by atoms with Crippen molar-refractivity contribution in [2.75, 3.05) is 14.2 Å². The number of para-hydroxylation sites is 1. The topological polar surface area (TPSA) is 84.5 Å². The smallest absolute Gasteiger partial charge is 0.256 e. The zero-order valence-electron chi connectivity index (χ0n) is 13.6. The van der Waals surface area contributed by atoms with Crippen LogP contribution in [0, 0.1) is 0 Å². The van der Waals surface area contributed by atoms with Crippen molar-refractivity contribution in [2.24, 2.45) is 0 Å². The van der Waals surface area contributed by atoms with Crippen LogP contribution in [0.2, 0.25) is 0 Å². The number of nitrogens with one attached hydrogen (secondary N) is 3. The molecule has 1 aliphatic rings. The third kappa shape index (κ3) is 3.32. The second-order valence-electron chi connectivity index (χ2n) is 5.42. The molecule has 2 aromatic rings. The summed E-state index contributed by atoms with van der Waals surface area (Å²) >= 11 is 0. The molecular weight excluding hydrogens is 308 g/mol. The standard InChI is InChI=1S/C17H20N4O3/c1-23-14-5-3-4-12(16(14)24-2)17(22)19-15-10-13(20-21-15)11-6-8-18-9-7-11/h3-9,13,15,20-21H,10H2,1-2H3,(H,19,22). The maximum Gasteiger partial charge on any atom is 0.256 e. The van der Waals surface area contributed by atoms with Crippen molar-refractivity contribution in [1.82, 2.24) is 21.2 Å². The summed E-state index contributed by atoms with van der Waals surface area (Å²) in [5.41, 5.74) is 7.83. The average Bonchev–Trinajstić information content (AvgIpc) is 3.10. The van der Waals surface area contributed by atoms with Crippen molar-refractivity contribution < 1.29 is 14.3 Å². The molecule has 0 saturated carbocycles. The average molecular weight is 328 g/mol. The molecule has 2 unspecified atom stereocenters. The summed E-state index contributed by atoms with van der Waals surface area (Å²) in [6, 6.07) is 9.24. The Morgan fingerprint density at radius 2 is 1.96 bits per heavy atom. The molecule has 0 bridgehead atoms. The zero-order chi connectivity index (χ0) is 16.9. The van der Waals surface area contributed by atoms with E-state index in [1.165, 1.54) is 7.11 Å². The maximum absolute atomic E-state index is 12.6. The first-order chi connectivity index (χ1) is 11.7. The van der Waals surface area contributed by atoms with E-state index in [9.17, 15) is 4.79 Å². The fourth-order valence-electron chi connectivity index (χ4n) is 2.77. The number of carbonyl (C=O) groups excluding carboxylic acids is 1. The number of nitrogens with zero attached hydrogens (tertiary/aromatic N) is 1. The number of aromatic nitrogens is 1. The van der Waals surface area contributed by atoms with Gasteiger partial charge in [0.05, 0.1) is 25.9 Å². The van der Waals surface area contributed by atoms with Gasteiger partial charge in [-0.25, -0.2) is 10.9 Å². The van der Waals surface area contributed by atoms with Crippen LogP contribution in [-0.4, -0.2) is 31.3 Å². The lowest BCUT2D eigenvalue weighted by Gasteiger charge is -2.15. The highest BCUT2D eigenvalue weighted by Gasteiger charge is 2.27. The van der Waals surface area contributed by atoms with Gasteiger partial charge in [0, 0.05) is 24.9 Å². The van der Waals surface area contributed by atoms with Crippen molar-refractivity contribution in [3.05, 3.63) is 53.9 Å². The van der Waals surface area contributed by atoms with Gasteiger partial charge in [-0.2, -0.15) is 0 Å². The Bertz CT molecular complexity index is 708. The molecule has 1 fully saturated rings. The number of pyridine rings is 1. The van der Waals surface area contributed by atoms with Gasteiger partial charge in [-0.1, -0.05) is 6.07 Å². The zero-order valence-corrected chi connectivity index (χ0v) is 13.6. The van der Waals surface area contributed by atoms with Crippen molar-refractivity contribution in [3.8, 4) is 11.5 Å². The van der Waals surface area contributed by atoms with E-state index in [-0.39, 0.29) is 18.1 Å². The molecule has 24 heavy (non-hydrogen) atoms. The van der Waals surface area contributed by atoms with Crippen LogP contribution in [0.1, 0.15) is 28.4 Å². The second-order valence-corrected chi connectivity index (χ2v) is 5.42. The summed E-state index contributed by atoms with van der Waals surface area (Å²) in [6.45, 7) is 0. The molecule has 126 valence electrons. The molecule has 0 radical (unpaired) electrons. The Kier molecular flexibility index (Phi) is 4.93. The minimum atomic E-state index is -0.222. The van der Waals surface area contributed by atoms with Gasteiger partial charge in [0.2, 0.25) is 0 Å². The number of hydrazine groups is 1. The van der Waals surface area contributed by atoms with E-state index in [1.54, 1.807) is 37.7 Å². The van der Waals surface area contributed by atoms with Crippen molar-refractivity contribution >= 4 is 5.91 Å². The minimum Gasteiger partial charge on any atom is -0.493 e. The Hall–Kier alpha value is -2.64. The van der Waals surface area contributed by atoms with Crippen LogP contribution in [0.3, 0.4) is 0 Å². The van der Waals surface area contributed by atoms with Crippen LogP contribution in [0.25, 0.3) is 0 Å². The molecule has 1 aromatic heterocycles. The van der Waals surface area contributed by atoms with E-state index in [4.69, 9.17) is 9.47 Å². The molecule has 0 spiro atoms. The largest absolute Gasteiger partial charge is 0.493 e. The second kappa shape index (κ2) is 7.29. The number of ether oxygens (including phenoxy) is 2. The van der Waals surface area contributed by atoms with Crippen molar-refractivity contribution in [3.63, 3.8) is 0 Å². The SMILES string of the molecule is COc1cccc(C(=O)NC2CC(c3ccncc3)NN2)c1OC. The van der Waals surface area contributed by atoms with E-state index in [0.29, 0.717) is 17.1 Å². The van der Waals surface area contributed by atoms with Gasteiger partial charge in [-0.3, -0.25) is 9.78 Å². The monoisotopic (exact) mass is 328 g/mol. The lowest BCUT2D eigenvalue weighted by molar-refractivity contribution is 0.0928. The molecule has 1 aliphatic heterocycles. The molecule has 0 aliphatic carbocycles. The highest BCUT2D eigenvalue weighted by atomic mass is 16.5. The Balaban J connectivity index is 1.68. The van der Waals surface area contributed by atoms with E-state index >= 15 is 0 Å². The third-order valence-corrected chi connectivity index (χ3v) is 3.96. The Morgan fingerprint density at radius 3 is 2.67 bits per heavy atom. The van der Waals surface area contributed by atoms with Crippen LogP contribution in [0.15, 0.2) is 42.7 Å². The van der Waals surface area contributed by atoms with Crippen LogP contribution in [0.5, 0.6) is 11.5 Å². The van der Waals surface area contributed by atoms with E-state index < -0.39 is 0 Å². The molecule has 7 nitrogen and oxygen atoms in total. The lowest BCUT2D eigenvalue weighted by Crippen LogP contribution is -2.44. The van der Waals surface area contributed by atoms with Crippen molar-refractivity contribution in [2.45, 2.75) is 18.6 Å². The predicted octanol–water partition coefficient (Wildman–Crippen LogP) is 1.39. The summed E-state index contributed by atoms with van der Waals surface area (Å²) in [5, 5.41) is 2.96. The van der Waals surface area contributed by atoms with Crippen molar-refractivity contribution in [1.29, 1.82) is 0 Å². The maximum atomic E-state index is 12.6. The normalized spacial score (nSPS) is 19.8. The molecule has 1 aromatic carbocycles. The van der Waals surface area contributed by atoms with Gasteiger partial charge in [-0.05, 0) is 29.8 Å². The molecule has 1 saturated heterocycles. The van der Waals surface area contributed by atoms with Gasteiger partial charge in [0.1, 0.15) is 0 Å². The highest BCUT2D eigenvalue weighted by molar-refractivity contribution is 5.98. The van der Waals surface area contributed by atoms with Crippen LogP contribution >= 0.6 is 0 Å². The number of carbonyl (C=O) groups is 1. The summed E-state index contributed by atoms with van der Waals surface area (Å²) in [7, 11) is 3.06. The lowest BCUT2D eigenvalue weighted by atomic mass is 10.1. The van der Waals surface area contributed by atoms with E-state index in [2.05, 4.69) is 21.2 Å². The summed E-state index contributed by atoms with van der Waals surface area (Å²) in [6.07, 6.45) is 4.04. The van der Waals surface area contributed by atoms with Gasteiger partial charge in [0.15, 0.2) is 11.5 Å². The number of benzene rings is 1. The fraction of sp³-hybridized carbons (Fsp3) is 0.294. The first-order valence-corrected chi connectivity index (χ1v) is 7.65. The number of methoxy groups -OCH3 is 2. The Morgan fingerprint density at radius 1 is 1.17 bits per heavy atom. The molecular formula is C17H20N4O3. The van der Waals surface area contributed by atoms with Gasteiger partial charge in [0.25, 0.3) is 5.91 Å². The predicted molar refractivity (Wildman–Crippen MR) is 88.7 cm³/mol. The number of hydrogen-bond donors (Lipinski definition) is 3. The quantitative estimate of drug-likeness (QED) is 0.769. The van der Waals surface area contributed by atoms with Gasteiger partial charge >= 0.3 is 0 Å². The van der Waals surface area contributed by atoms with Crippen LogP contribution in [0.4, 0.5) is 0 Å². The summed E-state index contributed by atoms with van der Waals surface area (Å²) in [5.74, 6) is 0.729. The Labute approximate surface area is 140 Å². The first kappa shape index (κ1) is 16.2. The molecule has 3 rings (SSSR count). The minimum absolute atomic E-state index is 0.116. The van der Waals surface area contributed by atoms with E-state index in [0.717, 1.165) is 12.0 Å². The number of amides is 1. The molecule has 2 atom stereocenters. The van der Waals surface area contributed by atoms with Crippen LogP contribution in [-0.2, 0) is 0 Å². The van der Waals surface area contributed by atoms with Gasteiger partial charge < -0.3 is 14.8 Å². The summed E-state index contributed by atoms with van der Waals surface area (Å²) in [4.78, 5) is 16.6. The first-order valence-electron chi connectivity index (χ1n) is 7.65. The third-order valence-electron chi connectivity index (χ3n) is 3.96. The number of rotatable bonds is 5. The molecule has 7 heteroatoms. The molecule has 2 heterocycles. The molecule has 3 N–H and O–H groups in total. The fourth-order valence-corrected chi connectivity index (χ4v) is 2.77. The molecule has 1 amide bonds. The highest BCUT2D eigenvalue weighted by Crippen LogP contribution is 2.30. The number of hydrogen-bond acceptors (Lipinski definition) is 6. The van der Waals surface area contributed by atoms with Gasteiger partial charge in [-0.15, -0.1) is 0 Å². The van der Waals surface area contributed by atoms with E-state index in [1.807, 2.05) is 12.1 Å². The summed E-state index contributed by atoms with van der Waals surface area (Å²) < 4.78 is 10.5.